The van der Waals surface area contributed by atoms with E-state index in [1.54, 1.807) is 45.2 Å². The molecule has 0 spiro atoms. The van der Waals surface area contributed by atoms with Gasteiger partial charge in [-0.3, -0.25) is 4.79 Å². The lowest BCUT2D eigenvalue weighted by molar-refractivity contribution is 0.0943. The van der Waals surface area contributed by atoms with Crippen LogP contribution in [0.2, 0.25) is 0 Å². The number of aromatic nitrogens is 2. The molecule has 7 nitrogen and oxygen atoms in total. The zero-order valence-electron chi connectivity index (χ0n) is 18.6. The van der Waals surface area contributed by atoms with Gasteiger partial charge in [0.15, 0.2) is 11.5 Å². The molecular weight excluding hydrogens is 406 g/mol. The molecule has 0 radical (unpaired) electrons. The Hall–Kier alpha value is -4.05. The highest BCUT2D eigenvalue weighted by Gasteiger charge is 2.16. The van der Waals surface area contributed by atoms with Gasteiger partial charge in [-0.15, -0.1) is 0 Å². The van der Waals surface area contributed by atoms with Crippen molar-refractivity contribution in [2.24, 2.45) is 0 Å². The number of nitriles is 1. The third kappa shape index (κ3) is 5.35. The van der Waals surface area contributed by atoms with Crippen molar-refractivity contribution in [3.63, 3.8) is 0 Å². The lowest BCUT2D eigenvalue weighted by atomic mass is 10.1. The van der Waals surface area contributed by atoms with Crippen molar-refractivity contribution < 1.29 is 19.0 Å². The Kier molecular flexibility index (Phi) is 7.29. The molecule has 1 aromatic heterocycles. The number of carbonyl (C=O) groups is 1. The molecule has 0 aliphatic rings. The minimum atomic E-state index is -0.476. The molecular formula is C25H25N3O4. The molecule has 0 aliphatic heterocycles. The second kappa shape index (κ2) is 10.3. The van der Waals surface area contributed by atoms with E-state index in [2.05, 4.69) is 5.10 Å². The van der Waals surface area contributed by atoms with Crippen molar-refractivity contribution in [3.05, 3.63) is 76.6 Å². The van der Waals surface area contributed by atoms with Gasteiger partial charge in [0.2, 0.25) is 0 Å². The first-order valence-electron chi connectivity index (χ1n) is 10.2. The molecule has 3 aromatic rings. The van der Waals surface area contributed by atoms with E-state index >= 15 is 0 Å². The Labute approximate surface area is 187 Å². The van der Waals surface area contributed by atoms with Crippen molar-refractivity contribution in [1.82, 2.24) is 9.78 Å². The monoisotopic (exact) mass is 431 g/mol. The maximum absolute atomic E-state index is 12.7. The van der Waals surface area contributed by atoms with E-state index < -0.39 is 5.91 Å². The first-order chi connectivity index (χ1) is 15.4. The van der Waals surface area contributed by atoms with E-state index in [0.717, 1.165) is 11.3 Å². The number of hydrogen-bond acceptors (Lipinski definition) is 6. The van der Waals surface area contributed by atoms with Crippen molar-refractivity contribution in [3.8, 4) is 23.3 Å². The van der Waals surface area contributed by atoms with E-state index in [4.69, 9.17) is 14.2 Å². The third-order valence-electron chi connectivity index (χ3n) is 4.68. The minimum Gasteiger partial charge on any atom is -0.497 e. The molecule has 1 heterocycles. The second-order valence-electron chi connectivity index (χ2n) is 7.09. The summed E-state index contributed by atoms with van der Waals surface area (Å²) in [4.78, 5) is 12.7. The predicted octanol–water partition coefficient (Wildman–Crippen LogP) is 4.73. The lowest BCUT2D eigenvalue weighted by Crippen LogP contribution is -2.15. The van der Waals surface area contributed by atoms with E-state index in [1.807, 2.05) is 37.3 Å². The van der Waals surface area contributed by atoms with Crippen LogP contribution in [0.5, 0.6) is 17.2 Å². The number of methoxy groups -OCH3 is 1. The number of nitrogens with zero attached hydrogens (tertiary/aromatic N) is 3. The molecule has 7 heteroatoms. The fourth-order valence-electron chi connectivity index (χ4n) is 3.14. The summed E-state index contributed by atoms with van der Waals surface area (Å²) in [6.07, 6.45) is 1.52. The maximum Gasteiger partial charge on any atom is 0.289 e. The molecule has 32 heavy (non-hydrogen) atoms. The number of carbonyl (C=O) groups excluding carboxylic acids is 1. The molecule has 0 saturated carbocycles. The standard InChI is InChI=1S/C25H25N3O4/c1-5-31-24-14-20(13-21(15-26)25(29)28-18(3)12-17(2)27-28)8-11-23(24)32-16-19-6-9-22(30-4)10-7-19/h6-14H,5,16H2,1-4H3/b21-13+. The summed E-state index contributed by atoms with van der Waals surface area (Å²) in [5.41, 5.74) is 3.00. The van der Waals surface area contributed by atoms with Crippen LogP contribution in [0.15, 0.2) is 54.1 Å². The zero-order valence-corrected chi connectivity index (χ0v) is 18.6. The molecule has 0 aliphatic carbocycles. The summed E-state index contributed by atoms with van der Waals surface area (Å²) in [7, 11) is 1.62. The van der Waals surface area contributed by atoms with Crippen LogP contribution in [-0.2, 0) is 6.61 Å². The highest BCUT2D eigenvalue weighted by atomic mass is 16.5. The number of allylic oxidation sites excluding steroid dienone is 1. The molecule has 3 rings (SSSR count). The van der Waals surface area contributed by atoms with Crippen molar-refractivity contribution in [2.75, 3.05) is 13.7 Å². The van der Waals surface area contributed by atoms with Crippen LogP contribution in [0, 0.1) is 25.2 Å². The minimum absolute atomic E-state index is 0.0226. The fourth-order valence-corrected chi connectivity index (χ4v) is 3.14. The summed E-state index contributed by atoms with van der Waals surface area (Å²) in [5, 5.41) is 13.7. The third-order valence-corrected chi connectivity index (χ3v) is 4.68. The number of hydrogen-bond donors (Lipinski definition) is 0. The van der Waals surface area contributed by atoms with Gasteiger partial charge in [0.1, 0.15) is 24.0 Å². The molecule has 164 valence electrons. The fraction of sp³-hybridized carbons (Fsp3) is 0.240. The van der Waals surface area contributed by atoms with Crippen LogP contribution in [0.3, 0.4) is 0 Å². The average molecular weight is 431 g/mol. The molecule has 0 N–H and O–H groups in total. The van der Waals surface area contributed by atoms with Gasteiger partial charge in [0.05, 0.1) is 19.4 Å². The summed E-state index contributed by atoms with van der Waals surface area (Å²) < 4.78 is 18.1. The van der Waals surface area contributed by atoms with Crippen LogP contribution < -0.4 is 14.2 Å². The molecule has 0 atom stereocenters. The van der Waals surface area contributed by atoms with E-state index in [0.29, 0.717) is 41.7 Å². The van der Waals surface area contributed by atoms with Crippen LogP contribution in [0.1, 0.15) is 34.2 Å². The molecule has 0 saturated heterocycles. The van der Waals surface area contributed by atoms with Gasteiger partial charge in [0, 0.05) is 5.69 Å². The molecule has 0 amide bonds. The lowest BCUT2D eigenvalue weighted by Gasteiger charge is -2.13. The van der Waals surface area contributed by atoms with Crippen LogP contribution in [0.4, 0.5) is 0 Å². The van der Waals surface area contributed by atoms with Crippen LogP contribution in [0.25, 0.3) is 6.08 Å². The van der Waals surface area contributed by atoms with Gasteiger partial charge in [-0.25, -0.2) is 4.68 Å². The van der Waals surface area contributed by atoms with Gasteiger partial charge in [0.25, 0.3) is 5.91 Å². The van der Waals surface area contributed by atoms with Crippen molar-refractivity contribution >= 4 is 12.0 Å². The number of benzene rings is 2. The normalized spacial score (nSPS) is 11.0. The topological polar surface area (TPSA) is 86.4 Å². The first-order valence-corrected chi connectivity index (χ1v) is 10.2. The Bertz CT molecular complexity index is 1170. The predicted molar refractivity (Wildman–Crippen MR) is 121 cm³/mol. The highest BCUT2D eigenvalue weighted by molar-refractivity contribution is 6.03. The summed E-state index contributed by atoms with van der Waals surface area (Å²) in [5.74, 6) is 1.41. The van der Waals surface area contributed by atoms with Gasteiger partial charge >= 0.3 is 0 Å². The molecule has 0 bridgehead atoms. The van der Waals surface area contributed by atoms with Crippen molar-refractivity contribution in [1.29, 1.82) is 5.26 Å². The number of aryl methyl sites for hydroxylation is 2. The van der Waals surface area contributed by atoms with E-state index in [-0.39, 0.29) is 5.57 Å². The van der Waals surface area contributed by atoms with E-state index in [9.17, 15) is 10.1 Å². The Morgan fingerprint density at radius 3 is 2.44 bits per heavy atom. The van der Waals surface area contributed by atoms with Gasteiger partial charge in [-0.2, -0.15) is 10.4 Å². The quantitative estimate of drug-likeness (QED) is 0.378. The summed E-state index contributed by atoms with van der Waals surface area (Å²) in [6, 6.07) is 16.7. The van der Waals surface area contributed by atoms with E-state index in [1.165, 1.54) is 10.8 Å². The maximum atomic E-state index is 12.7. The number of ether oxygens (including phenoxy) is 3. The molecule has 0 unspecified atom stereocenters. The smallest absolute Gasteiger partial charge is 0.289 e. The number of rotatable bonds is 8. The van der Waals surface area contributed by atoms with Gasteiger partial charge < -0.3 is 14.2 Å². The Balaban J connectivity index is 1.82. The zero-order chi connectivity index (χ0) is 23.1. The summed E-state index contributed by atoms with van der Waals surface area (Å²) in [6.45, 7) is 6.25. The van der Waals surface area contributed by atoms with Crippen LogP contribution in [-0.4, -0.2) is 29.4 Å². The average Bonchev–Trinajstić information content (AvgIpc) is 3.14. The van der Waals surface area contributed by atoms with Gasteiger partial charge in [-0.1, -0.05) is 18.2 Å². The van der Waals surface area contributed by atoms with Crippen LogP contribution >= 0.6 is 0 Å². The summed E-state index contributed by atoms with van der Waals surface area (Å²) >= 11 is 0. The Morgan fingerprint density at radius 1 is 1.09 bits per heavy atom. The SMILES string of the molecule is CCOc1cc(/C=C(\C#N)C(=O)n2nc(C)cc2C)ccc1OCc1ccc(OC)cc1. The largest absolute Gasteiger partial charge is 0.497 e. The Morgan fingerprint density at radius 2 is 1.84 bits per heavy atom. The van der Waals surface area contributed by atoms with Gasteiger partial charge in [-0.05, 0) is 68.3 Å². The second-order valence-corrected chi connectivity index (χ2v) is 7.09. The van der Waals surface area contributed by atoms with Crippen molar-refractivity contribution in [2.45, 2.75) is 27.4 Å². The first kappa shape index (κ1) is 22.6. The molecule has 2 aromatic carbocycles. The molecule has 0 fully saturated rings. The highest BCUT2D eigenvalue weighted by Crippen LogP contribution is 2.30.